The second-order valence-corrected chi connectivity index (χ2v) is 3.48. The van der Waals surface area contributed by atoms with E-state index < -0.39 is 0 Å². The van der Waals surface area contributed by atoms with E-state index in [1.54, 1.807) is 0 Å². The predicted molar refractivity (Wildman–Crippen MR) is 53.5 cm³/mol. The van der Waals surface area contributed by atoms with E-state index in [0.29, 0.717) is 17.8 Å². The smallest absolute Gasteiger partial charge is 0.0263 e. The van der Waals surface area contributed by atoms with Gasteiger partial charge in [0.25, 0.3) is 0 Å². The third-order valence-electron chi connectivity index (χ3n) is 2.79. The number of rotatable bonds is 2. The standard InChI is InChI=1S/C12H16/c1-4-10-7-8-11(5-2)12(6-3)9-10/h2,4,6,10-12H,1,3,7-9H2. The highest BCUT2D eigenvalue weighted by Crippen LogP contribution is 2.34. The van der Waals surface area contributed by atoms with Gasteiger partial charge in [-0.1, -0.05) is 12.2 Å². The van der Waals surface area contributed by atoms with Crippen LogP contribution in [0.25, 0.3) is 0 Å². The lowest BCUT2D eigenvalue weighted by molar-refractivity contribution is 0.296. The second kappa shape index (κ2) is 4.16. The predicted octanol–water partition coefficient (Wildman–Crippen LogP) is 3.02. The van der Waals surface area contributed by atoms with Crippen LogP contribution in [0.4, 0.5) is 0 Å². The van der Waals surface area contributed by atoms with Gasteiger partial charge in [-0.25, -0.2) is 0 Å². The molecular formula is C12H16. The van der Waals surface area contributed by atoms with Gasteiger partial charge >= 0.3 is 0 Å². The maximum atomic E-state index is 5.43. The molecule has 3 atom stereocenters. The molecule has 64 valence electrons. The topological polar surface area (TPSA) is 0 Å². The van der Waals surface area contributed by atoms with Gasteiger partial charge in [0.1, 0.15) is 0 Å². The van der Waals surface area contributed by atoms with Crippen LogP contribution in [0.1, 0.15) is 19.3 Å². The van der Waals surface area contributed by atoms with Crippen molar-refractivity contribution in [1.29, 1.82) is 0 Å². The summed E-state index contributed by atoms with van der Waals surface area (Å²) in [5.41, 5.74) is 0. The van der Waals surface area contributed by atoms with Gasteiger partial charge in [0.2, 0.25) is 0 Å². The molecule has 1 aliphatic rings. The number of allylic oxidation sites excluding steroid dienone is 2. The molecule has 0 amide bonds. The first-order valence-electron chi connectivity index (χ1n) is 4.53. The van der Waals surface area contributed by atoms with Crippen LogP contribution in [0.15, 0.2) is 25.3 Å². The molecule has 1 fully saturated rings. The molecule has 0 heterocycles. The molecule has 0 N–H and O–H groups in total. The van der Waals surface area contributed by atoms with Gasteiger partial charge in [0.15, 0.2) is 0 Å². The third-order valence-corrected chi connectivity index (χ3v) is 2.79. The van der Waals surface area contributed by atoms with Crippen LogP contribution in [0, 0.1) is 30.1 Å². The SMILES string of the molecule is C#CC1CCC(C=C)CC1C=C. The van der Waals surface area contributed by atoms with Crippen LogP contribution < -0.4 is 0 Å². The summed E-state index contributed by atoms with van der Waals surface area (Å²) in [4.78, 5) is 0. The van der Waals surface area contributed by atoms with Gasteiger partial charge in [-0.3, -0.25) is 0 Å². The lowest BCUT2D eigenvalue weighted by Crippen LogP contribution is -2.21. The number of hydrogen-bond acceptors (Lipinski definition) is 0. The molecule has 0 saturated heterocycles. The molecule has 1 rings (SSSR count). The van der Waals surface area contributed by atoms with Crippen molar-refractivity contribution in [3.8, 4) is 12.3 Å². The molecule has 0 aromatic rings. The Morgan fingerprint density at radius 1 is 1.25 bits per heavy atom. The third kappa shape index (κ3) is 1.80. The van der Waals surface area contributed by atoms with E-state index in [9.17, 15) is 0 Å². The maximum absolute atomic E-state index is 5.43. The van der Waals surface area contributed by atoms with Crippen molar-refractivity contribution >= 4 is 0 Å². The molecule has 3 unspecified atom stereocenters. The van der Waals surface area contributed by atoms with Crippen molar-refractivity contribution in [2.75, 3.05) is 0 Å². The fourth-order valence-corrected chi connectivity index (χ4v) is 1.92. The molecule has 0 aromatic heterocycles. The largest absolute Gasteiger partial charge is 0.120 e. The zero-order valence-corrected chi connectivity index (χ0v) is 7.50. The van der Waals surface area contributed by atoms with Gasteiger partial charge in [-0.2, -0.15) is 0 Å². The summed E-state index contributed by atoms with van der Waals surface area (Å²) in [6.45, 7) is 7.64. The van der Waals surface area contributed by atoms with E-state index in [4.69, 9.17) is 6.42 Å². The van der Waals surface area contributed by atoms with Crippen LogP contribution in [0.3, 0.4) is 0 Å². The number of terminal acetylenes is 1. The molecule has 0 bridgehead atoms. The Hall–Kier alpha value is -0.960. The van der Waals surface area contributed by atoms with Gasteiger partial charge < -0.3 is 0 Å². The Balaban J connectivity index is 2.60. The van der Waals surface area contributed by atoms with Crippen molar-refractivity contribution in [3.63, 3.8) is 0 Å². The maximum Gasteiger partial charge on any atom is 0.0263 e. The molecule has 0 aliphatic heterocycles. The van der Waals surface area contributed by atoms with Crippen LogP contribution >= 0.6 is 0 Å². The van der Waals surface area contributed by atoms with Crippen LogP contribution in [-0.2, 0) is 0 Å². The summed E-state index contributed by atoms with van der Waals surface area (Å²) in [5, 5.41) is 0. The van der Waals surface area contributed by atoms with E-state index in [-0.39, 0.29) is 0 Å². The van der Waals surface area contributed by atoms with Gasteiger partial charge in [0, 0.05) is 5.92 Å². The van der Waals surface area contributed by atoms with Crippen molar-refractivity contribution < 1.29 is 0 Å². The summed E-state index contributed by atoms with van der Waals surface area (Å²) in [6.07, 6.45) is 12.9. The summed E-state index contributed by atoms with van der Waals surface area (Å²) >= 11 is 0. The molecule has 0 nitrogen and oxygen atoms in total. The van der Waals surface area contributed by atoms with Crippen molar-refractivity contribution in [1.82, 2.24) is 0 Å². The van der Waals surface area contributed by atoms with E-state index in [2.05, 4.69) is 19.1 Å². The van der Waals surface area contributed by atoms with E-state index >= 15 is 0 Å². The van der Waals surface area contributed by atoms with Crippen molar-refractivity contribution in [2.45, 2.75) is 19.3 Å². The van der Waals surface area contributed by atoms with Crippen molar-refractivity contribution in [2.24, 2.45) is 17.8 Å². The Bertz CT molecular complexity index is 207. The molecule has 0 aromatic carbocycles. The highest BCUT2D eigenvalue weighted by atomic mass is 14.3. The fourth-order valence-electron chi connectivity index (χ4n) is 1.92. The van der Waals surface area contributed by atoms with Crippen LogP contribution in [-0.4, -0.2) is 0 Å². The van der Waals surface area contributed by atoms with Gasteiger partial charge in [-0.15, -0.1) is 25.5 Å². The zero-order valence-electron chi connectivity index (χ0n) is 7.50. The van der Waals surface area contributed by atoms with Crippen LogP contribution in [0.5, 0.6) is 0 Å². The fraction of sp³-hybridized carbons (Fsp3) is 0.500. The average Bonchev–Trinajstić information content (AvgIpc) is 2.16. The molecule has 1 aliphatic carbocycles. The first-order chi connectivity index (χ1) is 5.81. The highest BCUT2D eigenvalue weighted by molar-refractivity contribution is 5.05. The molecular weight excluding hydrogens is 144 g/mol. The molecule has 0 spiro atoms. The minimum absolute atomic E-state index is 0.415. The molecule has 0 heteroatoms. The Labute approximate surface area is 75.4 Å². The van der Waals surface area contributed by atoms with Crippen molar-refractivity contribution in [3.05, 3.63) is 25.3 Å². The Kier molecular flexibility index (Phi) is 3.17. The minimum atomic E-state index is 0.415. The zero-order chi connectivity index (χ0) is 8.97. The van der Waals surface area contributed by atoms with E-state index in [1.807, 2.05) is 12.2 Å². The highest BCUT2D eigenvalue weighted by Gasteiger charge is 2.25. The van der Waals surface area contributed by atoms with E-state index in [0.717, 1.165) is 12.8 Å². The second-order valence-electron chi connectivity index (χ2n) is 3.48. The monoisotopic (exact) mass is 160 g/mol. The molecule has 0 radical (unpaired) electrons. The molecule has 1 saturated carbocycles. The Morgan fingerprint density at radius 3 is 2.50 bits per heavy atom. The van der Waals surface area contributed by atoms with Crippen LogP contribution in [0.2, 0.25) is 0 Å². The normalized spacial score (nSPS) is 35.1. The lowest BCUT2D eigenvalue weighted by atomic mass is 9.74. The average molecular weight is 160 g/mol. The quantitative estimate of drug-likeness (QED) is 0.430. The first kappa shape index (κ1) is 9.13. The van der Waals surface area contributed by atoms with E-state index in [1.165, 1.54) is 6.42 Å². The summed E-state index contributed by atoms with van der Waals surface area (Å²) in [6, 6.07) is 0. The minimum Gasteiger partial charge on any atom is -0.120 e. The summed E-state index contributed by atoms with van der Waals surface area (Å²) in [7, 11) is 0. The summed E-state index contributed by atoms with van der Waals surface area (Å²) in [5.74, 6) is 4.42. The summed E-state index contributed by atoms with van der Waals surface area (Å²) < 4.78 is 0. The van der Waals surface area contributed by atoms with Gasteiger partial charge in [0.05, 0.1) is 0 Å². The lowest BCUT2D eigenvalue weighted by Gasteiger charge is -2.29. The first-order valence-corrected chi connectivity index (χ1v) is 4.53. The number of hydrogen-bond donors (Lipinski definition) is 0. The Morgan fingerprint density at radius 2 is 2.00 bits per heavy atom. The van der Waals surface area contributed by atoms with Gasteiger partial charge in [-0.05, 0) is 31.1 Å². The molecule has 12 heavy (non-hydrogen) atoms.